The molecular weight excluding hydrogens is 444 g/mol. The van der Waals surface area contributed by atoms with Crippen LogP contribution in [0.1, 0.15) is 32.9 Å². The average molecular weight is 465 g/mol. The van der Waals surface area contributed by atoms with Gasteiger partial charge in [0.15, 0.2) is 0 Å². The summed E-state index contributed by atoms with van der Waals surface area (Å²) in [7, 11) is 0. The van der Waals surface area contributed by atoms with Crippen molar-refractivity contribution in [1.29, 1.82) is 0 Å². The zero-order valence-corrected chi connectivity index (χ0v) is 18.8. The molecule has 0 fully saturated rings. The van der Waals surface area contributed by atoms with Crippen LogP contribution in [0.4, 0.5) is 11.4 Å². The summed E-state index contributed by atoms with van der Waals surface area (Å²) in [5.74, 6) is -0.259. The van der Waals surface area contributed by atoms with Crippen LogP contribution in [0, 0.1) is 24.0 Å². The molecule has 0 aliphatic heterocycles. The SMILES string of the molecule is Cc1nn(Cc2ccc(C(=O)Nc3cnn(Cc4cccc(Cl)c4)c3)cc2)c(C)c1[N+](=O)[O-]. The van der Waals surface area contributed by atoms with Gasteiger partial charge in [-0.05, 0) is 49.2 Å². The molecule has 2 aromatic heterocycles. The molecule has 0 radical (unpaired) electrons. The Balaban J connectivity index is 1.39. The summed E-state index contributed by atoms with van der Waals surface area (Å²) in [5, 5.41) is 23.2. The molecule has 0 aliphatic carbocycles. The molecule has 0 aliphatic rings. The van der Waals surface area contributed by atoms with Crippen molar-refractivity contribution in [2.75, 3.05) is 5.32 Å². The summed E-state index contributed by atoms with van der Waals surface area (Å²) in [5.41, 5.74) is 3.86. The highest BCUT2D eigenvalue weighted by molar-refractivity contribution is 6.30. The number of hydrogen-bond donors (Lipinski definition) is 1. The molecule has 4 aromatic rings. The molecule has 0 unspecified atom stereocenters. The topological polar surface area (TPSA) is 108 Å². The number of aryl methyl sites for hydroxylation is 1. The van der Waals surface area contributed by atoms with E-state index in [1.807, 2.05) is 24.3 Å². The Morgan fingerprint density at radius 1 is 1.12 bits per heavy atom. The molecule has 168 valence electrons. The molecular formula is C23H21ClN6O3. The van der Waals surface area contributed by atoms with Crippen molar-refractivity contribution in [3.05, 3.63) is 104 Å². The van der Waals surface area contributed by atoms with Gasteiger partial charge in [0.25, 0.3) is 5.91 Å². The quantitative estimate of drug-likeness (QED) is 0.317. The van der Waals surface area contributed by atoms with E-state index in [2.05, 4.69) is 15.5 Å². The molecule has 1 amide bonds. The first-order valence-electron chi connectivity index (χ1n) is 10.2. The van der Waals surface area contributed by atoms with Crippen LogP contribution in [-0.4, -0.2) is 30.4 Å². The van der Waals surface area contributed by atoms with E-state index in [-0.39, 0.29) is 11.6 Å². The Bertz CT molecular complexity index is 1330. The van der Waals surface area contributed by atoms with Crippen LogP contribution in [0.15, 0.2) is 60.9 Å². The first-order chi connectivity index (χ1) is 15.8. The Labute approximate surface area is 194 Å². The van der Waals surface area contributed by atoms with Crippen molar-refractivity contribution < 1.29 is 9.72 Å². The van der Waals surface area contributed by atoms with Crippen molar-refractivity contribution in [2.45, 2.75) is 26.9 Å². The van der Waals surface area contributed by atoms with Gasteiger partial charge in [-0.25, -0.2) is 0 Å². The van der Waals surface area contributed by atoms with Crippen LogP contribution in [0.5, 0.6) is 0 Å². The number of aromatic nitrogens is 4. The fourth-order valence-electron chi connectivity index (χ4n) is 3.58. The number of benzene rings is 2. The lowest BCUT2D eigenvalue weighted by atomic mass is 10.1. The second-order valence-electron chi connectivity index (χ2n) is 7.64. The zero-order chi connectivity index (χ0) is 23.5. The van der Waals surface area contributed by atoms with Gasteiger partial charge in [-0.3, -0.25) is 24.3 Å². The van der Waals surface area contributed by atoms with E-state index < -0.39 is 4.92 Å². The molecule has 10 heteroatoms. The third-order valence-electron chi connectivity index (χ3n) is 5.20. The standard InChI is InChI=1S/C23H21ClN6O3/c1-15-22(30(32)33)16(2)29(27-15)13-17-6-8-19(9-7-17)23(31)26-21-11-25-28(14-21)12-18-4-3-5-20(24)10-18/h3-11,14H,12-13H2,1-2H3,(H,26,31). The van der Waals surface area contributed by atoms with Crippen molar-refractivity contribution >= 4 is 28.9 Å². The summed E-state index contributed by atoms with van der Waals surface area (Å²) < 4.78 is 3.31. The van der Waals surface area contributed by atoms with Crippen LogP contribution in [-0.2, 0) is 13.1 Å². The number of amides is 1. The van der Waals surface area contributed by atoms with E-state index >= 15 is 0 Å². The van der Waals surface area contributed by atoms with E-state index in [1.54, 1.807) is 59.9 Å². The minimum absolute atomic E-state index is 0.0295. The van der Waals surface area contributed by atoms with Gasteiger partial charge in [-0.1, -0.05) is 35.9 Å². The number of halogens is 1. The molecule has 9 nitrogen and oxygen atoms in total. The molecule has 0 bridgehead atoms. The third kappa shape index (κ3) is 5.09. The normalized spacial score (nSPS) is 10.9. The average Bonchev–Trinajstić information content (AvgIpc) is 3.31. The maximum Gasteiger partial charge on any atom is 0.312 e. The monoisotopic (exact) mass is 464 g/mol. The number of rotatable bonds is 7. The second-order valence-corrected chi connectivity index (χ2v) is 8.08. The number of carbonyl (C=O) groups excluding carboxylic acids is 1. The number of nitro groups is 1. The summed E-state index contributed by atoms with van der Waals surface area (Å²) in [6.45, 7) is 4.20. The van der Waals surface area contributed by atoms with E-state index in [0.29, 0.717) is 40.8 Å². The Morgan fingerprint density at radius 3 is 2.55 bits per heavy atom. The van der Waals surface area contributed by atoms with Crippen molar-refractivity contribution in [2.24, 2.45) is 0 Å². The molecule has 0 saturated carbocycles. The van der Waals surface area contributed by atoms with E-state index in [4.69, 9.17) is 11.6 Å². The highest BCUT2D eigenvalue weighted by Crippen LogP contribution is 2.22. The fourth-order valence-corrected chi connectivity index (χ4v) is 3.79. The summed E-state index contributed by atoms with van der Waals surface area (Å²) >= 11 is 6.02. The number of carbonyl (C=O) groups is 1. The van der Waals surface area contributed by atoms with Gasteiger partial charge in [0.1, 0.15) is 11.4 Å². The molecule has 1 N–H and O–H groups in total. The van der Waals surface area contributed by atoms with Gasteiger partial charge in [0.2, 0.25) is 0 Å². The number of nitrogens with zero attached hydrogens (tertiary/aromatic N) is 5. The minimum Gasteiger partial charge on any atom is -0.319 e. The second kappa shape index (κ2) is 9.25. The van der Waals surface area contributed by atoms with Gasteiger partial charge < -0.3 is 5.32 Å². The first kappa shape index (κ1) is 22.2. The van der Waals surface area contributed by atoms with Gasteiger partial charge in [0, 0.05) is 16.8 Å². The Kier molecular flexibility index (Phi) is 6.23. The predicted molar refractivity (Wildman–Crippen MR) is 125 cm³/mol. The zero-order valence-electron chi connectivity index (χ0n) is 18.0. The van der Waals surface area contributed by atoms with Crippen LogP contribution in [0.2, 0.25) is 5.02 Å². The molecule has 0 saturated heterocycles. The number of hydrogen-bond acceptors (Lipinski definition) is 5. The molecule has 0 atom stereocenters. The summed E-state index contributed by atoms with van der Waals surface area (Å²) in [6.07, 6.45) is 3.34. The molecule has 33 heavy (non-hydrogen) atoms. The van der Waals surface area contributed by atoms with Gasteiger partial charge in [-0.15, -0.1) is 0 Å². The molecule has 0 spiro atoms. The van der Waals surface area contributed by atoms with Crippen molar-refractivity contribution in [3.63, 3.8) is 0 Å². The van der Waals surface area contributed by atoms with Crippen molar-refractivity contribution in [1.82, 2.24) is 19.6 Å². The predicted octanol–water partition coefficient (Wildman–Crippen LogP) is 4.61. The summed E-state index contributed by atoms with van der Waals surface area (Å²) in [6, 6.07) is 14.5. The fraction of sp³-hybridized carbons (Fsp3) is 0.174. The lowest BCUT2D eigenvalue weighted by Crippen LogP contribution is -2.12. The third-order valence-corrected chi connectivity index (χ3v) is 5.43. The largest absolute Gasteiger partial charge is 0.319 e. The van der Waals surface area contributed by atoms with Crippen LogP contribution >= 0.6 is 11.6 Å². The van der Waals surface area contributed by atoms with Crippen molar-refractivity contribution in [3.8, 4) is 0 Å². The van der Waals surface area contributed by atoms with E-state index in [0.717, 1.165) is 11.1 Å². The van der Waals surface area contributed by atoms with Gasteiger partial charge in [-0.2, -0.15) is 10.2 Å². The van der Waals surface area contributed by atoms with Gasteiger partial charge in [0.05, 0.1) is 29.9 Å². The smallest absolute Gasteiger partial charge is 0.312 e. The molecule has 2 heterocycles. The van der Waals surface area contributed by atoms with Crippen LogP contribution in [0.3, 0.4) is 0 Å². The van der Waals surface area contributed by atoms with Crippen LogP contribution in [0.25, 0.3) is 0 Å². The molecule has 4 rings (SSSR count). The maximum absolute atomic E-state index is 12.6. The van der Waals surface area contributed by atoms with Gasteiger partial charge >= 0.3 is 5.69 Å². The minimum atomic E-state index is -0.418. The Morgan fingerprint density at radius 2 is 1.88 bits per heavy atom. The highest BCUT2D eigenvalue weighted by atomic mass is 35.5. The van der Waals surface area contributed by atoms with E-state index in [1.165, 1.54) is 0 Å². The highest BCUT2D eigenvalue weighted by Gasteiger charge is 2.21. The maximum atomic E-state index is 12.6. The van der Waals surface area contributed by atoms with E-state index in [9.17, 15) is 14.9 Å². The van der Waals surface area contributed by atoms with Crippen LogP contribution < -0.4 is 5.32 Å². The first-order valence-corrected chi connectivity index (χ1v) is 10.5. The Hall–Kier alpha value is -3.98. The number of nitrogens with one attached hydrogen (secondary N) is 1. The summed E-state index contributed by atoms with van der Waals surface area (Å²) in [4.78, 5) is 23.4. The molecule has 2 aromatic carbocycles. The number of anilines is 1. The lowest BCUT2D eigenvalue weighted by molar-refractivity contribution is -0.386. The lowest BCUT2D eigenvalue weighted by Gasteiger charge is -2.06.